The summed E-state index contributed by atoms with van der Waals surface area (Å²) in [7, 11) is 1.49. The lowest BCUT2D eigenvalue weighted by atomic mass is 10.2. The van der Waals surface area contributed by atoms with Crippen LogP contribution in [0, 0.1) is 0 Å². The van der Waals surface area contributed by atoms with Crippen molar-refractivity contribution in [2.75, 3.05) is 18.9 Å². The summed E-state index contributed by atoms with van der Waals surface area (Å²) in [5.41, 5.74) is 1.11. The second-order valence-electron chi connectivity index (χ2n) is 7.10. The standard InChI is InChI=1S/C22H21F3N4O4/c1-29(14-18(30)26-16-10-12-17(13-11-16)32-22(23,24)25)20(31)9-5-8-19-27-21(28-33-19)15-6-3-2-4-7-15/h2-4,6-7,10-13H,5,8-9,14H2,1H3,(H,26,30). The minimum absolute atomic E-state index is 0.177. The van der Waals surface area contributed by atoms with Gasteiger partial charge in [0.15, 0.2) is 0 Å². The highest BCUT2D eigenvalue weighted by Crippen LogP contribution is 2.24. The Bertz CT molecular complexity index is 1070. The number of amides is 2. The van der Waals surface area contributed by atoms with E-state index >= 15 is 0 Å². The molecule has 0 aliphatic heterocycles. The third-order valence-corrected chi connectivity index (χ3v) is 4.46. The molecule has 0 spiro atoms. The van der Waals surface area contributed by atoms with Crippen LogP contribution in [0.25, 0.3) is 11.4 Å². The van der Waals surface area contributed by atoms with Crippen molar-refractivity contribution in [3.63, 3.8) is 0 Å². The number of likely N-dealkylation sites (N-methyl/N-ethyl adjacent to an activating group) is 1. The van der Waals surface area contributed by atoms with Crippen LogP contribution in [0.1, 0.15) is 18.7 Å². The summed E-state index contributed by atoms with van der Waals surface area (Å²) < 4.78 is 45.5. The van der Waals surface area contributed by atoms with E-state index in [9.17, 15) is 22.8 Å². The van der Waals surface area contributed by atoms with Gasteiger partial charge in [-0.15, -0.1) is 13.2 Å². The Morgan fingerprint density at radius 2 is 1.79 bits per heavy atom. The molecule has 3 aromatic rings. The number of aromatic nitrogens is 2. The van der Waals surface area contributed by atoms with Crippen molar-refractivity contribution in [2.24, 2.45) is 0 Å². The van der Waals surface area contributed by atoms with Gasteiger partial charge in [-0.25, -0.2) is 0 Å². The van der Waals surface area contributed by atoms with E-state index < -0.39 is 18.0 Å². The monoisotopic (exact) mass is 462 g/mol. The molecule has 0 atom stereocenters. The summed E-state index contributed by atoms with van der Waals surface area (Å²) in [6, 6.07) is 14.1. The molecule has 0 aliphatic carbocycles. The molecule has 0 unspecified atom stereocenters. The Hall–Kier alpha value is -3.89. The number of anilines is 1. The van der Waals surface area contributed by atoms with Crippen molar-refractivity contribution < 1.29 is 32.0 Å². The van der Waals surface area contributed by atoms with Crippen LogP contribution in [0.15, 0.2) is 59.1 Å². The summed E-state index contributed by atoms with van der Waals surface area (Å²) in [5.74, 6) is -0.240. The van der Waals surface area contributed by atoms with E-state index in [0.29, 0.717) is 24.6 Å². The first-order valence-electron chi connectivity index (χ1n) is 9.97. The van der Waals surface area contributed by atoms with Crippen molar-refractivity contribution in [3.8, 4) is 17.1 Å². The maximum atomic E-state index is 12.3. The minimum Gasteiger partial charge on any atom is -0.406 e. The molecule has 1 aromatic heterocycles. The molecule has 3 rings (SSSR count). The highest BCUT2D eigenvalue weighted by molar-refractivity contribution is 5.94. The SMILES string of the molecule is CN(CC(=O)Nc1ccc(OC(F)(F)F)cc1)C(=O)CCCc1nc(-c2ccccc2)no1. The smallest absolute Gasteiger partial charge is 0.406 e. The van der Waals surface area contributed by atoms with Crippen LogP contribution in [0.3, 0.4) is 0 Å². The molecule has 0 saturated carbocycles. The molecule has 1 heterocycles. The number of alkyl halides is 3. The fourth-order valence-electron chi connectivity index (χ4n) is 2.89. The van der Waals surface area contributed by atoms with Gasteiger partial charge in [-0.05, 0) is 30.7 Å². The number of nitrogens with zero attached hydrogens (tertiary/aromatic N) is 3. The molecule has 0 radical (unpaired) electrons. The van der Waals surface area contributed by atoms with Gasteiger partial charge in [0.05, 0.1) is 6.54 Å². The van der Waals surface area contributed by atoms with Crippen molar-refractivity contribution in [1.29, 1.82) is 0 Å². The number of ether oxygens (including phenoxy) is 1. The molecule has 8 nitrogen and oxygen atoms in total. The van der Waals surface area contributed by atoms with E-state index in [2.05, 4.69) is 20.2 Å². The van der Waals surface area contributed by atoms with Crippen LogP contribution < -0.4 is 10.1 Å². The molecular formula is C22H21F3N4O4. The number of carbonyl (C=O) groups excluding carboxylic acids is 2. The van der Waals surface area contributed by atoms with E-state index in [1.54, 1.807) is 0 Å². The van der Waals surface area contributed by atoms with E-state index in [-0.39, 0.29) is 24.6 Å². The predicted molar refractivity (Wildman–Crippen MR) is 112 cm³/mol. The maximum Gasteiger partial charge on any atom is 0.573 e. The summed E-state index contributed by atoms with van der Waals surface area (Å²) in [6.45, 7) is -0.210. The quantitative estimate of drug-likeness (QED) is 0.515. The molecule has 2 amide bonds. The number of nitrogens with one attached hydrogen (secondary N) is 1. The van der Waals surface area contributed by atoms with Gasteiger partial charge in [0.25, 0.3) is 0 Å². The Labute approximate surface area is 187 Å². The van der Waals surface area contributed by atoms with Gasteiger partial charge in [0.1, 0.15) is 5.75 Å². The normalized spacial score (nSPS) is 11.2. The van der Waals surface area contributed by atoms with E-state index in [1.807, 2.05) is 30.3 Å². The second kappa shape index (κ2) is 10.6. The van der Waals surface area contributed by atoms with Crippen LogP contribution in [-0.4, -0.2) is 46.8 Å². The van der Waals surface area contributed by atoms with E-state index in [1.165, 1.54) is 24.1 Å². The van der Waals surface area contributed by atoms with Gasteiger partial charge < -0.3 is 19.5 Å². The summed E-state index contributed by atoms with van der Waals surface area (Å²) in [4.78, 5) is 30.0. The zero-order valence-corrected chi connectivity index (χ0v) is 17.6. The van der Waals surface area contributed by atoms with Gasteiger partial charge >= 0.3 is 6.36 Å². The maximum absolute atomic E-state index is 12.3. The zero-order chi connectivity index (χ0) is 23.8. The van der Waals surface area contributed by atoms with Crippen molar-refractivity contribution >= 4 is 17.5 Å². The van der Waals surface area contributed by atoms with Gasteiger partial charge in [-0.2, -0.15) is 4.98 Å². The molecule has 0 bridgehead atoms. The first-order chi connectivity index (χ1) is 15.7. The Kier molecular flexibility index (Phi) is 7.65. The van der Waals surface area contributed by atoms with Crippen molar-refractivity contribution in [2.45, 2.75) is 25.6 Å². The summed E-state index contributed by atoms with van der Waals surface area (Å²) in [6.07, 6.45) is -3.74. The molecule has 174 valence electrons. The average molecular weight is 462 g/mol. The largest absolute Gasteiger partial charge is 0.573 e. The molecule has 33 heavy (non-hydrogen) atoms. The zero-order valence-electron chi connectivity index (χ0n) is 17.6. The minimum atomic E-state index is -4.79. The number of aryl methyl sites for hydroxylation is 1. The van der Waals surface area contributed by atoms with Gasteiger partial charge in [0.2, 0.25) is 23.5 Å². The van der Waals surface area contributed by atoms with Gasteiger partial charge in [-0.1, -0.05) is 35.5 Å². The Balaban J connectivity index is 1.40. The Morgan fingerprint density at radius 3 is 2.45 bits per heavy atom. The third-order valence-electron chi connectivity index (χ3n) is 4.46. The molecule has 1 N–H and O–H groups in total. The molecule has 2 aromatic carbocycles. The first kappa shape index (κ1) is 23.8. The fraction of sp³-hybridized carbons (Fsp3) is 0.273. The molecule has 0 aliphatic rings. The van der Waals surface area contributed by atoms with E-state index in [4.69, 9.17) is 4.52 Å². The molecule has 0 saturated heterocycles. The number of halogens is 3. The van der Waals surface area contributed by atoms with Gasteiger partial charge in [-0.3, -0.25) is 9.59 Å². The predicted octanol–water partition coefficient (Wildman–Crippen LogP) is 4.06. The average Bonchev–Trinajstić information content (AvgIpc) is 3.23. The van der Waals surface area contributed by atoms with Crippen LogP contribution in [0.5, 0.6) is 5.75 Å². The third kappa shape index (κ3) is 7.63. The van der Waals surface area contributed by atoms with Crippen LogP contribution >= 0.6 is 0 Å². The molecular weight excluding hydrogens is 441 g/mol. The number of rotatable bonds is 9. The van der Waals surface area contributed by atoms with Crippen molar-refractivity contribution in [3.05, 3.63) is 60.5 Å². The number of benzene rings is 2. The van der Waals surface area contributed by atoms with Crippen LogP contribution in [0.2, 0.25) is 0 Å². The summed E-state index contributed by atoms with van der Waals surface area (Å²) in [5, 5.41) is 6.44. The topological polar surface area (TPSA) is 97.6 Å². The lowest BCUT2D eigenvalue weighted by molar-refractivity contribution is -0.274. The van der Waals surface area contributed by atoms with Crippen LogP contribution in [0.4, 0.5) is 18.9 Å². The highest BCUT2D eigenvalue weighted by Gasteiger charge is 2.31. The molecule has 0 fully saturated rings. The lowest BCUT2D eigenvalue weighted by Crippen LogP contribution is -2.34. The van der Waals surface area contributed by atoms with Gasteiger partial charge in [0, 0.05) is 31.1 Å². The summed E-state index contributed by atoms with van der Waals surface area (Å²) >= 11 is 0. The fourth-order valence-corrected chi connectivity index (χ4v) is 2.89. The number of hydrogen-bond donors (Lipinski definition) is 1. The number of hydrogen-bond acceptors (Lipinski definition) is 6. The van der Waals surface area contributed by atoms with Crippen LogP contribution in [-0.2, 0) is 16.0 Å². The van der Waals surface area contributed by atoms with E-state index in [0.717, 1.165) is 17.7 Å². The Morgan fingerprint density at radius 1 is 1.09 bits per heavy atom. The first-order valence-corrected chi connectivity index (χ1v) is 9.97. The second-order valence-corrected chi connectivity index (χ2v) is 7.10. The number of carbonyl (C=O) groups is 2. The molecule has 11 heteroatoms. The van der Waals surface area contributed by atoms with Crippen molar-refractivity contribution in [1.82, 2.24) is 15.0 Å². The highest BCUT2D eigenvalue weighted by atomic mass is 19.4. The lowest BCUT2D eigenvalue weighted by Gasteiger charge is -2.17.